The Morgan fingerprint density at radius 3 is 3.00 bits per heavy atom. The quantitative estimate of drug-likeness (QED) is 0.607. The number of alkyl halides is 1. The molecule has 1 aromatic heterocycles. The number of aliphatic hydroxyl groups excluding tert-OH is 1. The van der Waals surface area contributed by atoms with Crippen molar-refractivity contribution in [1.29, 1.82) is 0 Å². The van der Waals surface area contributed by atoms with E-state index in [4.69, 9.17) is 11.6 Å². The Hall–Kier alpha value is -1.13. The van der Waals surface area contributed by atoms with Crippen LogP contribution in [0.5, 0.6) is 0 Å². The van der Waals surface area contributed by atoms with Crippen LogP contribution in [0, 0.1) is 0 Å². The molecular weight excluding hydrogens is 206 g/mol. The number of pyridine rings is 1. The third-order valence-corrected chi connectivity index (χ3v) is 1.95. The molecule has 0 radical (unpaired) electrons. The number of ether oxygens (including phenoxy) is 1. The molecule has 0 saturated heterocycles. The van der Waals surface area contributed by atoms with Crippen LogP contribution in [0.2, 0.25) is 0 Å². The zero-order chi connectivity index (χ0) is 10.6. The summed E-state index contributed by atoms with van der Waals surface area (Å²) in [5, 5.41) is 9.36. The lowest BCUT2D eigenvalue weighted by Gasteiger charge is -2.06. The highest BCUT2D eigenvalue weighted by molar-refractivity contribution is 6.18. The minimum atomic E-state index is -0.860. The van der Waals surface area contributed by atoms with Gasteiger partial charge >= 0.3 is 5.97 Å². The summed E-state index contributed by atoms with van der Waals surface area (Å²) in [5.74, 6) is -0.494. The first-order chi connectivity index (χ1) is 6.69. The third kappa shape index (κ3) is 2.43. The highest BCUT2D eigenvalue weighted by Gasteiger charge is 2.11. The van der Waals surface area contributed by atoms with Gasteiger partial charge in [-0.2, -0.15) is 0 Å². The second-order valence-corrected chi connectivity index (χ2v) is 2.92. The first-order valence-corrected chi connectivity index (χ1v) is 4.51. The van der Waals surface area contributed by atoms with E-state index in [0.29, 0.717) is 5.69 Å². The first kappa shape index (κ1) is 10.9. The third-order valence-electron chi connectivity index (χ3n) is 1.65. The van der Waals surface area contributed by atoms with Gasteiger partial charge in [-0.1, -0.05) is 6.07 Å². The maximum absolute atomic E-state index is 11.1. The largest absolute Gasteiger partial charge is 0.464 e. The molecule has 0 aromatic carbocycles. The molecule has 1 N–H and O–H groups in total. The molecule has 0 aliphatic carbocycles. The summed E-state index contributed by atoms with van der Waals surface area (Å²) >= 11 is 5.45. The van der Waals surface area contributed by atoms with Crippen molar-refractivity contribution >= 4 is 17.6 Å². The lowest BCUT2D eigenvalue weighted by atomic mass is 10.2. The van der Waals surface area contributed by atoms with Gasteiger partial charge in [0.15, 0.2) is 0 Å². The number of nitrogens with zero attached hydrogens (tertiary/aromatic N) is 1. The SMILES string of the molecule is COC(=O)c1cccc([C@H](O)CCl)n1. The normalized spacial score (nSPS) is 12.2. The fourth-order valence-corrected chi connectivity index (χ4v) is 1.09. The van der Waals surface area contributed by atoms with Crippen LogP contribution in [0.15, 0.2) is 18.2 Å². The van der Waals surface area contributed by atoms with E-state index in [1.807, 2.05) is 0 Å². The number of hydrogen-bond donors (Lipinski definition) is 1. The molecule has 0 spiro atoms. The Morgan fingerprint density at radius 1 is 1.71 bits per heavy atom. The van der Waals surface area contributed by atoms with Gasteiger partial charge in [-0.25, -0.2) is 9.78 Å². The predicted octanol–water partition coefficient (Wildman–Crippen LogP) is 1.14. The molecule has 14 heavy (non-hydrogen) atoms. The molecule has 0 amide bonds. The van der Waals surface area contributed by atoms with E-state index in [1.54, 1.807) is 12.1 Å². The fourth-order valence-electron chi connectivity index (χ4n) is 0.934. The molecule has 1 atom stereocenters. The number of esters is 1. The highest BCUT2D eigenvalue weighted by atomic mass is 35.5. The molecule has 4 nitrogen and oxygen atoms in total. The molecule has 0 unspecified atom stereocenters. The van der Waals surface area contributed by atoms with E-state index >= 15 is 0 Å². The lowest BCUT2D eigenvalue weighted by Crippen LogP contribution is -2.08. The molecule has 0 fully saturated rings. The van der Waals surface area contributed by atoms with Crippen LogP contribution in [0.25, 0.3) is 0 Å². The van der Waals surface area contributed by atoms with Crippen LogP contribution in [0.3, 0.4) is 0 Å². The number of carbonyl (C=O) groups excluding carboxylic acids is 1. The van der Waals surface area contributed by atoms with Gasteiger partial charge in [0.1, 0.15) is 11.8 Å². The van der Waals surface area contributed by atoms with Gasteiger partial charge in [-0.3, -0.25) is 0 Å². The predicted molar refractivity (Wildman–Crippen MR) is 51.3 cm³/mol. The zero-order valence-corrected chi connectivity index (χ0v) is 8.36. The molecule has 76 valence electrons. The minimum absolute atomic E-state index is 0.0393. The van der Waals surface area contributed by atoms with Crippen LogP contribution in [0.4, 0.5) is 0 Å². The maximum Gasteiger partial charge on any atom is 0.356 e. The van der Waals surface area contributed by atoms with Gasteiger partial charge in [-0.15, -0.1) is 11.6 Å². The standard InChI is InChI=1S/C9H10ClNO3/c1-14-9(13)7-4-2-3-6(11-7)8(12)5-10/h2-4,8,12H,5H2,1H3/t8-/m1/s1. The zero-order valence-electron chi connectivity index (χ0n) is 7.61. The summed E-state index contributed by atoms with van der Waals surface area (Å²) in [5.41, 5.74) is 0.525. The number of aromatic nitrogens is 1. The van der Waals surface area contributed by atoms with Crippen LogP contribution in [-0.2, 0) is 4.74 Å². The van der Waals surface area contributed by atoms with E-state index in [9.17, 15) is 9.90 Å². The monoisotopic (exact) mass is 215 g/mol. The molecule has 5 heteroatoms. The Kier molecular flexibility index (Phi) is 3.85. The smallest absolute Gasteiger partial charge is 0.356 e. The van der Waals surface area contributed by atoms with Crippen LogP contribution < -0.4 is 0 Å². The summed E-state index contributed by atoms with van der Waals surface area (Å²) in [7, 11) is 1.27. The lowest BCUT2D eigenvalue weighted by molar-refractivity contribution is 0.0593. The van der Waals surface area contributed by atoms with Gasteiger partial charge in [0.25, 0.3) is 0 Å². The summed E-state index contributed by atoms with van der Waals surface area (Å²) in [6, 6.07) is 4.72. The van der Waals surface area contributed by atoms with Crippen molar-refractivity contribution in [3.8, 4) is 0 Å². The van der Waals surface area contributed by atoms with Gasteiger partial charge in [-0.05, 0) is 12.1 Å². The molecule has 1 rings (SSSR count). The first-order valence-electron chi connectivity index (χ1n) is 3.98. The molecule has 1 heterocycles. The van der Waals surface area contributed by atoms with Crippen LogP contribution >= 0.6 is 11.6 Å². The van der Waals surface area contributed by atoms with Crippen molar-refractivity contribution in [3.05, 3.63) is 29.6 Å². The topological polar surface area (TPSA) is 59.4 Å². The minimum Gasteiger partial charge on any atom is -0.464 e. The summed E-state index contributed by atoms with van der Waals surface area (Å²) < 4.78 is 4.49. The second-order valence-electron chi connectivity index (χ2n) is 2.61. The second kappa shape index (κ2) is 4.93. The molecule has 0 bridgehead atoms. The van der Waals surface area contributed by atoms with Crippen molar-refractivity contribution in [2.45, 2.75) is 6.10 Å². The summed E-state index contributed by atoms with van der Waals surface area (Å²) in [4.78, 5) is 15.0. The number of aliphatic hydroxyl groups is 1. The van der Waals surface area contributed by atoms with Crippen molar-refractivity contribution in [2.75, 3.05) is 13.0 Å². The van der Waals surface area contributed by atoms with Gasteiger partial charge < -0.3 is 9.84 Å². The van der Waals surface area contributed by atoms with Crippen molar-refractivity contribution < 1.29 is 14.6 Å². The molecule has 0 aliphatic rings. The van der Waals surface area contributed by atoms with E-state index in [0.717, 1.165) is 0 Å². The average Bonchev–Trinajstić information content (AvgIpc) is 2.27. The fraction of sp³-hybridized carbons (Fsp3) is 0.333. The molecule has 1 aromatic rings. The van der Waals surface area contributed by atoms with Crippen molar-refractivity contribution in [3.63, 3.8) is 0 Å². The van der Waals surface area contributed by atoms with Crippen molar-refractivity contribution in [1.82, 2.24) is 4.98 Å². The average molecular weight is 216 g/mol. The molecule has 0 aliphatic heterocycles. The molecular formula is C9H10ClNO3. The summed E-state index contributed by atoms with van der Waals surface area (Å²) in [6.07, 6.45) is -0.860. The number of carbonyl (C=O) groups is 1. The van der Waals surface area contributed by atoms with E-state index in [-0.39, 0.29) is 11.6 Å². The Labute approximate surface area is 86.5 Å². The Bertz CT molecular complexity index is 330. The maximum atomic E-state index is 11.1. The van der Waals surface area contributed by atoms with Crippen LogP contribution in [-0.4, -0.2) is 29.0 Å². The number of hydrogen-bond acceptors (Lipinski definition) is 4. The number of rotatable bonds is 3. The Morgan fingerprint density at radius 2 is 2.43 bits per heavy atom. The number of methoxy groups -OCH3 is 1. The van der Waals surface area contributed by atoms with Crippen molar-refractivity contribution in [2.24, 2.45) is 0 Å². The molecule has 0 saturated carbocycles. The van der Waals surface area contributed by atoms with E-state index in [2.05, 4.69) is 9.72 Å². The van der Waals surface area contributed by atoms with E-state index < -0.39 is 12.1 Å². The summed E-state index contributed by atoms with van der Waals surface area (Å²) in [6.45, 7) is 0. The van der Waals surface area contributed by atoms with Crippen LogP contribution in [0.1, 0.15) is 22.3 Å². The van der Waals surface area contributed by atoms with E-state index in [1.165, 1.54) is 13.2 Å². The van der Waals surface area contributed by atoms with Gasteiger partial charge in [0.2, 0.25) is 0 Å². The number of halogens is 1. The highest BCUT2D eigenvalue weighted by Crippen LogP contribution is 2.12. The van der Waals surface area contributed by atoms with Gasteiger partial charge in [0, 0.05) is 0 Å². The Balaban J connectivity index is 2.95. The van der Waals surface area contributed by atoms with Gasteiger partial charge in [0.05, 0.1) is 18.7 Å².